The number of hydrogen-bond donors (Lipinski definition) is 3. The van der Waals surface area contributed by atoms with Gasteiger partial charge in [-0.25, -0.2) is 13.2 Å². The van der Waals surface area contributed by atoms with Crippen LogP contribution in [0.3, 0.4) is 0 Å². The molecule has 0 bridgehead atoms. The Morgan fingerprint density at radius 3 is 2.10 bits per heavy atom. The molecule has 11 heteroatoms. The molecule has 228 valence electrons. The van der Waals surface area contributed by atoms with E-state index in [2.05, 4.69) is 5.32 Å². The van der Waals surface area contributed by atoms with Crippen molar-refractivity contribution in [3.8, 4) is 0 Å². The van der Waals surface area contributed by atoms with Gasteiger partial charge in [0.05, 0.1) is 0 Å². The van der Waals surface area contributed by atoms with Crippen molar-refractivity contribution >= 4 is 39.6 Å². The Hall–Kier alpha value is -2.76. The highest BCUT2D eigenvalue weighted by Gasteiger charge is 2.46. The normalized spacial score (nSPS) is 17.3. The highest BCUT2D eigenvalue weighted by atomic mass is 32.2. The lowest BCUT2D eigenvalue weighted by molar-refractivity contribution is -0.124. The predicted molar refractivity (Wildman–Crippen MR) is 166 cm³/mol. The van der Waals surface area contributed by atoms with Crippen LogP contribution in [0, 0.1) is 13.8 Å². The van der Waals surface area contributed by atoms with E-state index in [4.69, 9.17) is 16.5 Å². The van der Waals surface area contributed by atoms with Gasteiger partial charge in [-0.1, -0.05) is 44.9 Å². The van der Waals surface area contributed by atoms with Crippen LogP contribution in [-0.2, 0) is 14.8 Å². The lowest BCUT2D eigenvalue weighted by Gasteiger charge is -2.34. The van der Waals surface area contributed by atoms with Crippen LogP contribution >= 0.6 is 0 Å². The molecule has 2 heterocycles. The molecule has 1 aromatic rings. The molecule has 5 N–H and O–H groups in total. The maximum absolute atomic E-state index is 13.1. The number of urea groups is 1. The van der Waals surface area contributed by atoms with Crippen LogP contribution in [0.5, 0.6) is 0 Å². The quantitative estimate of drug-likeness (QED) is 0.260. The minimum absolute atomic E-state index is 0.107. The minimum Gasteiger partial charge on any atom is -0.351 e. The van der Waals surface area contributed by atoms with Crippen molar-refractivity contribution in [1.29, 1.82) is 0 Å². The number of rotatable bonds is 15. The van der Waals surface area contributed by atoms with Crippen molar-refractivity contribution < 1.29 is 18.0 Å². The van der Waals surface area contributed by atoms with Crippen LogP contribution in [0.1, 0.15) is 93.7 Å². The molecule has 1 aromatic carbocycles. The Balaban J connectivity index is 1.49. The summed E-state index contributed by atoms with van der Waals surface area (Å²) < 4.78 is 27.7. The number of nitrogens with zero attached hydrogens (tertiary/aromatic N) is 3. The molecule has 0 radical (unpaired) electrons. The number of hydrogen-bond acceptors (Lipinski definition) is 6. The number of unbranched alkanes of at least 4 members (excludes halogenated alkanes) is 8. The Bertz CT molecular complexity index is 1210. The molecule has 10 nitrogen and oxygen atoms in total. The summed E-state index contributed by atoms with van der Waals surface area (Å²) in [5, 5.41) is 4.19. The number of aryl methyl sites for hydroxylation is 2. The number of amidine groups is 1. The van der Waals surface area contributed by atoms with E-state index in [9.17, 15) is 18.0 Å². The van der Waals surface area contributed by atoms with Gasteiger partial charge in [0.2, 0.25) is 10.0 Å². The summed E-state index contributed by atoms with van der Waals surface area (Å²) >= 11 is 0. The molecular formula is C30H48N6O4S. The monoisotopic (exact) mass is 588 g/mol. The second-order valence-corrected chi connectivity index (χ2v) is 13.2. The van der Waals surface area contributed by atoms with E-state index in [1.54, 1.807) is 25.3 Å². The zero-order valence-electron chi connectivity index (χ0n) is 25.0. The largest absolute Gasteiger partial charge is 0.351 e. The third-order valence-electron chi connectivity index (χ3n) is 8.26. The molecule has 2 aliphatic rings. The summed E-state index contributed by atoms with van der Waals surface area (Å²) in [7, 11) is -2.09. The number of piperidine rings is 1. The fraction of sp³-hybridized carbons (Fsp3) is 0.633. The molecule has 1 fully saturated rings. The van der Waals surface area contributed by atoms with Crippen LogP contribution in [-0.4, -0.2) is 62.7 Å². The molecule has 0 atom stereocenters. The lowest BCUT2D eigenvalue weighted by atomic mass is 9.89. The molecule has 0 unspecified atom stereocenters. The molecule has 2 aliphatic heterocycles. The summed E-state index contributed by atoms with van der Waals surface area (Å²) in [6.45, 7) is 4.99. The number of anilines is 1. The number of benzene rings is 1. The van der Waals surface area contributed by atoms with Gasteiger partial charge in [-0.3, -0.25) is 14.7 Å². The van der Waals surface area contributed by atoms with Gasteiger partial charge < -0.3 is 16.8 Å². The van der Waals surface area contributed by atoms with Crippen molar-refractivity contribution in [1.82, 2.24) is 9.62 Å². The highest BCUT2D eigenvalue weighted by Crippen LogP contribution is 2.32. The molecule has 41 heavy (non-hydrogen) atoms. The summed E-state index contributed by atoms with van der Waals surface area (Å²) in [5.74, 6) is 0.634. The molecular weight excluding hydrogens is 540 g/mol. The average Bonchev–Trinajstić information content (AvgIpc) is 3.22. The maximum Gasteiger partial charge on any atom is 0.318 e. The van der Waals surface area contributed by atoms with Crippen molar-refractivity contribution in [2.75, 3.05) is 31.6 Å². The molecule has 3 rings (SSSR count). The van der Waals surface area contributed by atoms with Gasteiger partial charge in [-0.2, -0.15) is 4.31 Å². The molecule has 3 amide bonds. The van der Waals surface area contributed by atoms with Gasteiger partial charge in [-0.05, 0) is 81.0 Å². The van der Waals surface area contributed by atoms with Crippen molar-refractivity contribution in [3.63, 3.8) is 0 Å². The number of carbonyl (C=O) groups excluding carboxylic acids is 2. The first kappa shape index (κ1) is 32.8. The molecule has 0 aliphatic carbocycles. The lowest BCUT2D eigenvalue weighted by Crippen LogP contribution is -2.50. The summed E-state index contributed by atoms with van der Waals surface area (Å²) in [4.78, 5) is 30.5. The van der Waals surface area contributed by atoms with Crippen LogP contribution in [0.15, 0.2) is 22.5 Å². The molecule has 0 aromatic heterocycles. The smallest absolute Gasteiger partial charge is 0.318 e. The topological polar surface area (TPSA) is 151 Å². The summed E-state index contributed by atoms with van der Waals surface area (Å²) in [5.41, 5.74) is 13.1. The third kappa shape index (κ3) is 8.86. The van der Waals surface area contributed by atoms with E-state index in [0.29, 0.717) is 18.5 Å². The van der Waals surface area contributed by atoms with Crippen molar-refractivity contribution in [2.45, 2.75) is 96.4 Å². The number of sulfonamides is 1. The number of nitrogens with one attached hydrogen (secondary N) is 1. The number of aliphatic imine (C=N–C) groups is 1. The highest BCUT2D eigenvalue weighted by molar-refractivity contribution is 7.92. The fourth-order valence-corrected chi connectivity index (χ4v) is 6.77. The Kier molecular flexibility index (Phi) is 11.9. The maximum atomic E-state index is 13.1. The van der Waals surface area contributed by atoms with Gasteiger partial charge in [-0.15, -0.1) is 0 Å². The van der Waals surface area contributed by atoms with Crippen LogP contribution in [0.25, 0.3) is 6.08 Å². The van der Waals surface area contributed by atoms with Gasteiger partial charge in [0.1, 0.15) is 11.4 Å². The van der Waals surface area contributed by atoms with E-state index in [0.717, 1.165) is 54.8 Å². The van der Waals surface area contributed by atoms with Crippen molar-refractivity contribution in [2.24, 2.45) is 16.5 Å². The van der Waals surface area contributed by atoms with Crippen LogP contribution < -0.4 is 21.7 Å². The molecule has 1 saturated heterocycles. The Morgan fingerprint density at radius 1 is 1.02 bits per heavy atom. The summed E-state index contributed by atoms with van der Waals surface area (Å²) in [6, 6.07) is 3.03. The second-order valence-electron chi connectivity index (χ2n) is 11.4. The zero-order chi connectivity index (χ0) is 30.0. The third-order valence-corrected chi connectivity index (χ3v) is 9.82. The van der Waals surface area contributed by atoms with E-state index >= 15 is 0 Å². The van der Waals surface area contributed by atoms with Gasteiger partial charge in [0.25, 0.3) is 5.91 Å². The SMILES string of the molecule is Cc1cc(N(C)C(N)=O)cc(C)c1C=CS(=O)(=O)N1CCC2(CC1)N=C(CCCCCCCCCCCN)NC2=O. The van der Waals surface area contributed by atoms with Gasteiger partial charge >= 0.3 is 6.03 Å². The van der Waals surface area contributed by atoms with Gasteiger partial charge in [0.15, 0.2) is 0 Å². The number of amides is 3. The molecule has 0 saturated carbocycles. The number of primary amides is 1. The van der Waals surface area contributed by atoms with E-state index in [-0.39, 0.29) is 19.0 Å². The summed E-state index contributed by atoms with van der Waals surface area (Å²) in [6.07, 6.45) is 13.8. The standard InChI is InChI=1S/C30H48N6O4S/c1-23-21-25(35(3)29(32)38)22-24(2)26(23)14-20-41(39,40)36-18-15-30(16-19-36)28(37)33-27(34-30)13-11-9-7-5-4-6-8-10-12-17-31/h14,20-22H,4-13,15-19,31H2,1-3H3,(H2,32,38)(H,33,34,37). The van der Waals surface area contributed by atoms with Crippen LogP contribution in [0.4, 0.5) is 10.5 Å². The Morgan fingerprint density at radius 2 is 1.56 bits per heavy atom. The van der Waals surface area contributed by atoms with E-state index < -0.39 is 21.6 Å². The fourth-order valence-electron chi connectivity index (χ4n) is 5.60. The molecule has 1 spiro atoms. The van der Waals surface area contributed by atoms with Crippen molar-refractivity contribution in [3.05, 3.63) is 34.2 Å². The number of nitrogens with two attached hydrogens (primary N) is 2. The zero-order valence-corrected chi connectivity index (χ0v) is 25.8. The first-order valence-electron chi connectivity index (χ1n) is 14.9. The minimum atomic E-state index is -3.68. The average molecular weight is 589 g/mol. The second kappa shape index (κ2) is 14.9. The first-order chi connectivity index (χ1) is 19.5. The van der Waals surface area contributed by atoms with E-state index in [1.165, 1.54) is 53.1 Å². The van der Waals surface area contributed by atoms with Crippen LogP contribution in [0.2, 0.25) is 0 Å². The predicted octanol–water partition coefficient (Wildman–Crippen LogP) is 4.34. The van der Waals surface area contributed by atoms with Gasteiger partial charge in [0, 0.05) is 37.7 Å². The Labute approximate surface area is 245 Å². The first-order valence-corrected chi connectivity index (χ1v) is 16.4. The van der Waals surface area contributed by atoms with E-state index in [1.807, 2.05) is 13.8 Å². The number of carbonyl (C=O) groups is 2.